The van der Waals surface area contributed by atoms with Crippen molar-refractivity contribution in [3.8, 4) is 11.8 Å². The molecule has 140 valence electrons. The third-order valence-corrected chi connectivity index (χ3v) is 3.78. The van der Waals surface area contributed by atoms with E-state index in [2.05, 4.69) is 10.6 Å². The first kappa shape index (κ1) is 18.7. The van der Waals surface area contributed by atoms with Crippen LogP contribution in [0.2, 0.25) is 0 Å². The third kappa shape index (κ3) is 4.37. The van der Waals surface area contributed by atoms with Crippen molar-refractivity contribution >= 4 is 23.2 Å². The molecule has 0 aliphatic heterocycles. The number of hydrogen-bond donors (Lipinski definition) is 2. The minimum absolute atomic E-state index is 0.171. The van der Waals surface area contributed by atoms with Crippen molar-refractivity contribution in [2.75, 3.05) is 17.2 Å². The van der Waals surface area contributed by atoms with Gasteiger partial charge in [-0.15, -0.1) is 0 Å². The van der Waals surface area contributed by atoms with Crippen LogP contribution < -0.4 is 15.4 Å². The van der Waals surface area contributed by atoms with Gasteiger partial charge in [0.1, 0.15) is 5.75 Å². The monoisotopic (exact) mass is 375 g/mol. The van der Waals surface area contributed by atoms with E-state index in [0.717, 1.165) is 0 Å². The van der Waals surface area contributed by atoms with Crippen molar-refractivity contribution in [1.29, 1.82) is 5.26 Å². The van der Waals surface area contributed by atoms with Gasteiger partial charge in [0.2, 0.25) is 0 Å². The molecule has 0 saturated heterocycles. The Hall–Kier alpha value is -4.05. The fraction of sp³-hybridized carbons (Fsp3) is 0.0952. The molecule has 0 fully saturated rings. The highest BCUT2D eigenvalue weighted by atomic mass is 16.5. The van der Waals surface area contributed by atoms with E-state index in [1.807, 2.05) is 13.0 Å². The second kappa shape index (κ2) is 8.56. The first-order valence-electron chi connectivity index (χ1n) is 8.54. The van der Waals surface area contributed by atoms with E-state index >= 15 is 0 Å². The Labute approximate surface area is 161 Å². The summed E-state index contributed by atoms with van der Waals surface area (Å²) in [5, 5.41) is 14.5. The van der Waals surface area contributed by atoms with E-state index in [4.69, 9.17) is 14.4 Å². The number of nitriles is 1. The van der Waals surface area contributed by atoms with Gasteiger partial charge in [-0.25, -0.2) is 0 Å². The maximum absolute atomic E-state index is 12.7. The number of carbonyl (C=O) groups is 2. The molecule has 0 bridgehead atoms. The Morgan fingerprint density at radius 2 is 1.93 bits per heavy atom. The lowest BCUT2D eigenvalue weighted by Gasteiger charge is -2.12. The normalized spacial score (nSPS) is 10.0. The van der Waals surface area contributed by atoms with Crippen LogP contribution in [0.15, 0.2) is 65.3 Å². The zero-order valence-electron chi connectivity index (χ0n) is 15.1. The van der Waals surface area contributed by atoms with Crippen LogP contribution >= 0.6 is 0 Å². The molecular formula is C21H17N3O4. The summed E-state index contributed by atoms with van der Waals surface area (Å²) in [6.07, 6.45) is 1.41. The average Bonchev–Trinajstić information content (AvgIpc) is 3.24. The van der Waals surface area contributed by atoms with Crippen LogP contribution in [0.5, 0.6) is 5.75 Å². The molecule has 7 nitrogen and oxygen atoms in total. The summed E-state index contributed by atoms with van der Waals surface area (Å²) in [4.78, 5) is 24.7. The molecule has 3 rings (SSSR count). The number of carbonyl (C=O) groups excluding carboxylic acids is 2. The second-order valence-electron chi connectivity index (χ2n) is 5.72. The van der Waals surface area contributed by atoms with Crippen molar-refractivity contribution in [2.24, 2.45) is 0 Å². The maximum atomic E-state index is 12.7. The van der Waals surface area contributed by atoms with Crippen molar-refractivity contribution in [3.05, 3.63) is 77.7 Å². The summed E-state index contributed by atoms with van der Waals surface area (Å²) >= 11 is 0. The summed E-state index contributed by atoms with van der Waals surface area (Å²) in [7, 11) is 0. The molecule has 1 aromatic heterocycles. The topological polar surface area (TPSA) is 104 Å². The standard InChI is InChI=1S/C21H17N3O4/c1-2-27-18-9-8-14(13-22)11-17(18)24-20(25)15-5-3-6-16(12-15)23-21(26)19-7-4-10-28-19/h3-12H,2H2,1H3,(H,23,26)(H,24,25). The van der Waals surface area contributed by atoms with Gasteiger partial charge in [-0.3, -0.25) is 9.59 Å². The van der Waals surface area contributed by atoms with E-state index in [0.29, 0.717) is 34.9 Å². The van der Waals surface area contributed by atoms with Crippen LogP contribution in [0.25, 0.3) is 0 Å². The van der Waals surface area contributed by atoms with Crippen molar-refractivity contribution < 1.29 is 18.7 Å². The highest BCUT2D eigenvalue weighted by molar-refractivity contribution is 6.07. The molecule has 2 aromatic carbocycles. The molecule has 2 N–H and O–H groups in total. The first-order chi connectivity index (χ1) is 13.6. The van der Waals surface area contributed by atoms with Gasteiger partial charge in [0.15, 0.2) is 5.76 Å². The SMILES string of the molecule is CCOc1ccc(C#N)cc1NC(=O)c1cccc(NC(=O)c2ccco2)c1. The lowest BCUT2D eigenvalue weighted by molar-refractivity contribution is 0.0993. The van der Waals surface area contributed by atoms with Crippen LogP contribution in [-0.4, -0.2) is 18.4 Å². The molecule has 0 saturated carbocycles. The zero-order chi connectivity index (χ0) is 19.9. The lowest BCUT2D eigenvalue weighted by atomic mass is 10.1. The number of nitrogens with zero attached hydrogens (tertiary/aromatic N) is 1. The van der Waals surface area contributed by atoms with E-state index in [9.17, 15) is 9.59 Å². The van der Waals surface area contributed by atoms with Gasteiger partial charge in [-0.05, 0) is 55.5 Å². The lowest BCUT2D eigenvalue weighted by Crippen LogP contribution is -2.15. The van der Waals surface area contributed by atoms with Gasteiger partial charge in [0.25, 0.3) is 11.8 Å². The molecule has 7 heteroatoms. The summed E-state index contributed by atoms with van der Waals surface area (Å²) < 4.78 is 10.5. The van der Waals surface area contributed by atoms with Gasteiger partial charge in [0, 0.05) is 11.3 Å². The highest BCUT2D eigenvalue weighted by Gasteiger charge is 2.13. The number of hydrogen-bond acceptors (Lipinski definition) is 5. The Balaban J connectivity index is 1.78. The molecule has 0 radical (unpaired) electrons. The van der Waals surface area contributed by atoms with Crippen LogP contribution in [0.3, 0.4) is 0 Å². The van der Waals surface area contributed by atoms with Crippen LogP contribution in [0, 0.1) is 11.3 Å². The summed E-state index contributed by atoms with van der Waals surface area (Å²) in [6.45, 7) is 2.25. The zero-order valence-corrected chi connectivity index (χ0v) is 15.1. The molecule has 0 unspecified atom stereocenters. The van der Waals surface area contributed by atoms with Crippen molar-refractivity contribution in [2.45, 2.75) is 6.92 Å². The molecule has 3 aromatic rings. The highest BCUT2D eigenvalue weighted by Crippen LogP contribution is 2.26. The van der Waals surface area contributed by atoms with Crippen LogP contribution in [-0.2, 0) is 0 Å². The van der Waals surface area contributed by atoms with Crippen molar-refractivity contribution in [1.82, 2.24) is 0 Å². The maximum Gasteiger partial charge on any atom is 0.291 e. The van der Waals surface area contributed by atoms with E-state index in [-0.39, 0.29) is 5.76 Å². The summed E-state index contributed by atoms with van der Waals surface area (Å²) in [5.41, 5.74) is 1.58. The van der Waals surface area contributed by atoms with Gasteiger partial charge < -0.3 is 19.8 Å². The predicted molar refractivity (Wildman–Crippen MR) is 103 cm³/mol. The van der Waals surface area contributed by atoms with Crippen LogP contribution in [0.4, 0.5) is 11.4 Å². The third-order valence-electron chi connectivity index (χ3n) is 3.78. The van der Waals surface area contributed by atoms with Gasteiger partial charge >= 0.3 is 0 Å². The average molecular weight is 375 g/mol. The number of furan rings is 1. The predicted octanol–water partition coefficient (Wildman–Crippen LogP) is 4.05. The quantitative estimate of drug-likeness (QED) is 0.676. The molecule has 0 aliphatic rings. The molecule has 1 heterocycles. The smallest absolute Gasteiger partial charge is 0.291 e. The van der Waals surface area contributed by atoms with E-state index in [1.54, 1.807) is 54.6 Å². The van der Waals surface area contributed by atoms with E-state index < -0.39 is 11.8 Å². The Bertz CT molecular complexity index is 1040. The number of rotatable bonds is 6. The largest absolute Gasteiger partial charge is 0.492 e. The van der Waals surface area contributed by atoms with Crippen LogP contribution in [0.1, 0.15) is 33.4 Å². The number of benzene rings is 2. The minimum Gasteiger partial charge on any atom is -0.492 e. The Morgan fingerprint density at radius 3 is 2.64 bits per heavy atom. The Morgan fingerprint density at radius 1 is 1.07 bits per heavy atom. The molecule has 0 spiro atoms. The van der Waals surface area contributed by atoms with Gasteiger partial charge in [0.05, 0.1) is 30.2 Å². The molecule has 2 amide bonds. The molecule has 28 heavy (non-hydrogen) atoms. The fourth-order valence-corrected chi connectivity index (χ4v) is 2.51. The minimum atomic E-state index is -0.414. The van der Waals surface area contributed by atoms with Crippen molar-refractivity contribution in [3.63, 3.8) is 0 Å². The summed E-state index contributed by atoms with van der Waals surface area (Å²) in [6, 6.07) is 16.5. The fourth-order valence-electron chi connectivity index (χ4n) is 2.51. The second-order valence-corrected chi connectivity index (χ2v) is 5.72. The number of ether oxygens (including phenoxy) is 1. The number of nitrogens with one attached hydrogen (secondary N) is 2. The first-order valence-corrected chi connectivity index (χ1v) is 8.54. The number of amides is 2. The number of anilines is 2. The van der Waals surface area contributed by atoms with E-state index in [1.165, 1.54) is 6.26 Å². The molecule has 0 aliphatic carbocycles. The molecular weight excluding hydrogens is 358 g/mol. The van der Waals surface area contributed by atoms with Gasteiger partial charge in [-0.2, -0.15) is 5.26 Å². The van der Waals surface area contributed by atoms with Gasteiger partial charge in [-0.1, -0.05) is 6.07 Å². The Kier molecular flexibility index (Phi) is 5.72. The summed E-state index contributed by atoms with van der Waals surface area (Å²) in [5.74, 6) is -0.172. The molecule has 0 atom stereocenters.